The minimum atomic E-state index is -1.09. The van der Waals surface area contributed by atoms with Gasteiger partial charge >= 0.3 is 0 Å². The van der Waals surface area contributed by atoms with Crippen LogP contribution in [0.5, 0.6) is 0 Å². The molecule has 1 aliphatic rings. The van der Waals surface area contributed by atoms with E-state index < -0.39 is 23.4 Å². The van der Waals surface area contributed by atoms with Crippen LogP contribution >= 0.6 is 11.6 Å². The molecule has 0 unspecified atom stereocenters. The van der Waals surface area contributed by atoms with Crippen molar-refractivity contribution in [3.63, 3.8) is 0 Å². The van der Waals surface area contributed by atoms with E-state index >= 15 is 0 Å². The number of amides is 1. The second kappa shape index (κ2) is 6.24. The van der Waals surface area contributed by atoms with Crippen LogP contribution in [0.3, 0.4) is 0 Å². The molecule has 120 valence electrons. The van der Waals surface area contributed by atoms with Gasteiger partial charge in [-0.1, -0.05) is 17.7 Å². The smallest absolute Gasteiger partial charge is 0.254 e. The van der Waals surface area contributed by atoms with E-state index in [1.807, 2.05) is 0 Å². The van der Waals surface area contributed by atoms with Crippen LogP contribution in [0.2, 0.25) is 5.02 Å². The van der Waals surface area contributed by atoms with Crippen LogP contribution in [0.25, 0.3) is 0 Å². The summed E-state index contributed by atoms with van der Waals surface area (Å²) in [5, 5.41) is 0.230. The summed E-state index contributed by atoms with van der Waals surface area (Å²) in [5.41, 5.74) is 0.250. The van der Waals surface area contributed by atoms with Crippen LogP contribution in [-0.2, 0) is 6.54 Å². The monoisotopic (exact) mass is 339 g/mol. The summed E-state index contributed by atoms with van der Waals surface area (Å²) in [6.07, 6.45) is 1.59. The third-order valence-corrected chi connectivity index (χ3v) is 4.16. The summed E-state index contributed by atoms with van der Waals surface area (Å²) >= 11 is 6.01. The Bertz CT molecular complexity index is 741. The Kier molecular flexibility index (Phi) is 4.31. The van der Waals surface area contributed by atoms with Gasteiger partial charge < -0.3 is 4.90 Å². The predicted molar refractivity (Wildman–Crippen MR) is 80.7 cm³/mol. The molecular weight excluding hydrogens is 327 g/mol. The van der Waals surface area contributed by atoms with Crippen molar-refractivity contribution >= 4 is 17.5 Å². The quantitative estimate of drug-likeness (QED) is 0.799. The third-order valence-electron chi connectivity index (χ3n) is 3.81. The molecule has 0 heterocycles. The van der Waals surface area contributed by atoms with Gasteiger partial charge in [-0.05, 0) is 43.2 Å². The maximum Gasteiger partial charge on any atom is 0.254 e. The molecule has 0 spiro atoms. The van der Waals surface area contributed by atoms with Gasteiger partial charge in [0.05, 0.1) is 6.54 Å². The standard InChI is InChI=1S/C17H13ClF3NO/c18-13-2-1-3-14(19)12(13)9-22(11-5-6-11)17(23)10-4-7-15(20)16(21)8-10/h1-4,7-8,11H,5-6,9H2. The first-order chi connectivity index (χ1) is 11.0. The van der Waals surface area contributed by atoms with Crippen LogP contribution in [0.1, 0.15) is 28.8 Å². The first-order valence-corrected chi connectivity index (χ1v) is 7.54. The van der Waals surface area contributed by atoms with Gasteiger partial charge in [-0.25, -0.2) is 13.2 Å². The van der Waals surface area contributed by atoms with Crippen molar-refractivity contribution in [2.75, 3.05) is 0 Å². The van der Waals surface area contributed by atoms with Crippen molar-refractivity contribution in [1.82, 2.24) is 4.90 Å². The molecule has 0 N–H and O–H groups in total. The maximum absolute atomic E-state index is 13.9. The fourth-order valence-corrected chi connectivity index (χ4v) is 2.62. The molecule has 1 aliphatic carbocycles. The van der Waals surface area contributed by atoms with Gasteiger partial charge in [0, 0.05) is 22.2 Å². The number of carbonyl (C=O) groups excluding carboxylic acids is 1. The molecule has 3 rings (SSSR count). The van der Waals surface area contributed by atoms with Gasteiger partial charge in [-0.2, -0.15) is 0 Å². The van der Waals surface area contributed by atoms with Gasteiger partial charge in [0.15, 0.2) is 11.6 Å². The fourth-order valence-electron chi connectivity index (χ4n) is 2.40. The molecule has 0 saturated heterocycles. The van der Waals surface area contributed by atoms with Gasteiger partial charge in [-0.15, -0.1) is 0 Å². The molecule has 6 heteroatoms. The minimum absolute atomic E-state index is 0.00595. The Labute approximate surface area is 136 Å². The van der Waals surface area contributed by atoms with Crippen LogP contribution in [-0.4, -0.2) is 16.8 Å². The number of hydrogen-bond donors (Lipinski definition) is 0. The van der Waals surface area contributed by atoms with Crippen molar-refractivity contribution < 1.29 is 18.0 Å². The van der Waals surface area contributed by atoms with Gasteiger partial charge in [0.2, 0.25) is 0 Å². The average molecular weight is 340 g/mol. The SMILES string of the molecule is O=C(c1ccc(F)c(F)c1)N(Cc1c(F)cccc1Cl)C1CC1. The summed E-state index contributed by atoms with van der Waals surface area (Å²) < 4.78 is 40.3. The molecule has 1 amide bonds. The zero-order chi connectivity index (χ0) is 16.6. The van der Waals surface area contributed by atoms with Crippen LogP contribution < -0.4 is 0 Å². The zero-order valence-corrected chi connectivity index (χ0v) is 12.8. The highest BCUT2D eigenvalue weighted by molar-refractivity contribution is 6.31. The van der Waals surface area contributed by atoms with Crippen LogP contribution in [0.4, 0.5) is 13.2 Å². The summed E-state index contributed by atoms with van der Waals surface area (Å²) in [7, 11) is 0. The van der Waals surface area contributed by atoms with Crippen LogP contribution in [0, 0.1) is 17.5 Å². The van der Waals surface area contributed by atoms with Gasteiger partial charge in [0.1, 0.15) is 5.82 Å². The molecule has 0 aliphatic heterocycles. The van der Waals surface area contributed by atoms with E-state index in [1.165, 1.54) is 23.1 Å². The molecular formula is C17H13ClF3NO. The Balaban J connectivity index is 1.90. The molecule has 2 aromatic carbocycles. The van der Waals surface area contributed by atoms with E-state index in [0.717, 1.165) is 25.0 Å². The third kappa shape index (κ3) is 3.34. The molecule has 1 saturated carbocycles. The highest BCUT2D eigenvalue weighted by Crippen LogP contribution is 2.32. The van der Waals surface area contributed by atoms with E-state index in [2.05, 4.69) is 0 Å². The van der Waals surface area contributed by atoms with Crippen molar-refractivity contribution in [2.45, 2.75) is 25.4 Å². The molecule has 0 bridgehead atoms. The number of hydrogen-bond acceptors (Lipinski definition) is 1. The van der Waals surface area contributed by atoms with Crippen molar-refractivity contribution in [1.29, 1.82) is 0 Å². The predicted octanol–water partition coefficient (Wildman–Crippen LogP) is 4.56. The first-order valence-electron chi connectivity index (χ1n) is 7.16. The Morgan fingerprint density at radius 2 is 1.83 bits per heavy atom. The Hall–Kier alpha value is -2.01. The normalized spacial score (nSPS) is 13.9. The van der Waals surface area contributed by atoms with Crippen molar-refractivity contribution in [3.05, 3.63) is 70.0 Å². The molecule has 2 aromatic rings. The topological polar surface area (TPSA) is 20.3 Å². The van der Waals surface area contributed by atoms with E-state index in [9.17, 15) is 18.0 Å². The zero-order valence-electron chi connectivity index (χ0n) is 12.0. The lowest BCUT2D eigenvalue weighted by Gasteiger charge is -2.23. The molecule has 0 atom stereocenters. The summed E-state index contributed by atoms with van der Waals surface area (Å²) in [6, 6.07) is 7.26. The average Bonchev–Trinajstić information content (AvgIpc) is 3.34. The lowest BCUT2D eigenvalue weighted by molar-refractivity contribution is 0.0727. The Morgan fingerprint density at radius 1 is 1.09 bits per heavy atom. The molecule has 2 nitrogen and oxygen atoms in total. The van der Waals surface area contributed by atoms with Crippen molar-refractivity contribution in [2.24, 2.45) is 0 Å². The second-order valence-corrected chi connectivity index (χ2v) is 5.90. The largest absolute Gasteiger partial charge is 0.331 e. The van der Waals surface area contributed by atoms with E-state index in [-0.39, 0.29) is 28.7 Å². The van der Waals surface area contributed by atoms with Crippen molar-refractivity contribution in [3.8, 4) is 0 Å². The molecule has 23 heavy (non-hydrogen) atoms. The number of halogens is 4. The second-order valence-electron chi connectivity index (χ2n) is 5.49. The first kappa shape index (κ1) is 15.9. The van der Waals surface area contributed by atoms with E-state index in [4.69, 9.17) is 11.6 Å². The molecule has 0 aromatic heterocycles. The van der Waals surface area contributed by atoms with Gasteiger partial charge in [0.25, 0.3) is 5.91 Å². The summed E-state index contributed by atoms with van der Waals surface area (Å²) in [4.78, 5) is 14.0. The number of carbonyl (C=O) groups is 1. The maximum atomic E-state index is 13.9. The van der Waals surface area contributed by atoms with E-state index in [1.54, 1.807) is 6.07 Å². The van der Waals surface area contributed by atoms with E-state index in [0.29, 0.717) is 0 Å². The highest BCUT2D eigenvalue weighted by atomic mass is 35.5. The minimum Gasteiger partial charge on any atom is -0.331 e. The molecule has 0 radical (unpaired) electrons. The van der Waals surface area contributed by atoms with Crippen LogP contribution in [0.15, 0.2) is 36.4 Å². The lowest BCUT2D eigenvalue weighted by Crippen LogP contribution is -2.33. The number of benzene rings is 2. The molecule has 1 fully saturated rings. The summed E-state index contributed by atoms with van der Waals surface area (Å²) in [5.74, 6) is -3.07. The highest BCUT2D eigenvalue weighted by Gasteiger charge is 2.34. The van der Waals surface area contributed by atoms with Gasteiger partial charge in [-0.3, -0.25) is 4.79 Å². The number of nitrogens with zero attached hydrogens (tertiary/aromatic N) is 1. The lowest BCUT2D eigenvalue weighted by atomic mass is 10.1. The Morgan fingerprint density at radius 3 is 2.43 bits per heavy atom. The summed E-state index contributed by atoms with van der Waals surface area (Å²) in [6.45, 7) is -0.00595. The number of rotatable bonds is 4. The fraction of sp³-hybridized carbons (Fsp3) is 0.235.